The highest BCUT2D eigenvalue weighted by Gasteiger charge is 2.13. The number of hydrogen-bond acceptors (Lipinski definition) is 2. The highest BCUT2D eigenvalue weighted by molar-refractivity contribution is 5.75. The van der Waals surface area contributed by atoms with Crippen molar-refractivity contribution in [2.45, 2.75) is 32.7 Å². The summed E-state index contributed by atoms with van der Waals surface area (Å²) in [4.78, 5) is 10.4. The Kier molecular flexibility index (Phi) is 3.28. The number of anilines is 1. The first kappa shape index (κ1) is 10.8. The normalized spacial score (nSPS) is 11.1. The zero-order chi connectivity index (χ0) is 10.6. The number of aldehydes is 1. The minimum Gasteiger partial charge on any atom is -0.380 e. The Morgan fingerprint density at radius 2 is 1.86 bits per heavy atom. The van der Waals surface area contributed by atoms with Gasteiger partial charge >= 0.3 is 0 Å². The molecule has 0 spiro atoms. The van der Waals surface area contributed by atoms with Gasteiger partial charge in [-0.2, -0.15) is 0 Å². The summed E-state index contributed by atoms with van der Waals surface area (Å²) in [5.41, 5.74) is 1.87. The number of nitrogens with one attached hydrogen (secondary N) is 1. The molecular formula is C12H17NO. The van der Waals surface area contributed by atoms with Crippen LogP contribution in [0.15, 0.2) is 24.3 Å². The van der Waals surface area contributed by atoms with Crippen LogP contribution in [0.1, 0.15) is 37.6 Å². The number of carbonyl (C=O) groups excluding carboxylic acids is 1. The van der Waals surface area contributed by atoms with E-state index in [9.17, 15) is 4.79 Å². The third-order valence-electron chi connectivity index (χ3n) is 2.41. The van der Waals surface area contributed by atoms with Crippen molar-refractivity contribution in [3.05, 3.63) is 29.8 Å². The fourth-order valence-corrected chi connectivity index (χ4v) is 1.12. The van der Waals surface area contributed by atoms with E-state index in [0.717, 1.165) is 18.4 Å². The molecule has 0 saturated carbocycles. The van der Waals surface area contributed by atoms with Gasteiger partial charge in [0.25, 0.3) is 0 Å². The van der Waals surface area contributed by atoms with Crippen LogP contribution in [0.25, 0.3) is 0 Å². The van der Waals surface area contributed by atoms with Crippen LogP contribution in [-0.2, 0) is 0 Å². The first-order valence-electron chi connectivity index (χ1n) is 4.91. The molecule has 0 aliphatic heterocycles. The number of carbonyl (C=O) groups is 1. The van der Waals surface area contributed by atoms with E-state index in [0.29, 0.717) is 5.56 Å². The molecule has 0 amide bonds. The van der Waals surface area contributed by atoms with E-state index in [1.54, 1.807) is 0 Å². The highest BCUT2D eigenvalue weighted by Crippen LogP contribution is 2.17. The average Bonchev–Trinajstić information content (AvgIpc) is 2.19. The van der Waals surface area contributed by atoms with E-state index in [1.807, 2.05) is 24.3 Å². The molecule has 1 N–H and O–H groups in total. The van der Waals surface area contributed by atoms with Crippen LogP contribution >= 0.6 is 0 Å². The molecule has 1 rings (SSSR count). The Morgan fingerprint density at radius 1 is 1.29 bits per heavy atom. The third-order valence-corrected chi connectivity index (χ3v) is 2.41. The van der Waals surface area contributed by atoms with Crippen molar-refractivity contribution in [3.63, 3.8) is 0 Å². The zero-order valence-electron chi connectivity index (χ0n) is 9.00. The molecule has 0 saturated heterocycles. The lowest BCUT2D eigenvalue weighted by atomic mass is 10.0. The SMILES string of the molecule is CCC(C)(C)Nc1ccc(C=O)cc1. The average molecular weight is 191 g/mol. The molecule has 0 radical (unpaired) electrons. The van der Waals surface area contributed by atoms with Gasteiger partial charge in [-0.05, 0) is 44.5 Å². The summed E-state index contributed by atoms with van der Waals surface area (Å²) in [6, 6.07) is 7.50. The molecule has 2 nitrogen and oxygen atoms in total. The molecular weight excluding hydrogens is 174 g/mol. The van der Waals surface area contributed by atoms with Gasteiger partial charge in [-0.25, -0.2) is 0 Å². The van der Waals surface area contributed by atoms with Gasteiger partial charge in [-0.3, -0.25) is 4.79 Å². The molecule has 1 aromatic rings. The van der Waals surface area contributed by atoms with Crippen LogP contribution in [-0.4, -0.2) is 11.8 Å². The zero-order valence-corrected chi connectivity index (χ0v) is 9.00. The van der Waals surface area contributed by atoms with Gasteiger partial charge in [-0.1, -0.05) is 6.92 Å². The maximum absolute atomic E-state index is 10.4. The van der Waals surface area contributed by atoms with Crippen molar-refractivity contribution in [1.82, 2.24) is 0 Å². The van der Waals surface area contributed by atoms with Gasteiger partial charge in [0.05, 0.1) is 0 Å². The van der Waals surface area contributed by atoms with Crippen molar-refractivity contribution in [2.24, 2.45) is 0 Å². The van der Waals surface area contributed by atoms with E-state index in [2.05, 4.69) is 26.1 Å². The van der Waals surface area contributed by atoms with Crippen LogP contribution in [0.4, 0.5) is 5.69 Å². The molecule has 0 fully saturated rings. The molecule has 14 heavy (non-hydrogen) atoms. The van der Waals surface area contributed by atoms with Crippen molar-refractivity contribution >= 4 is 12.0 Å². The van der Waals surface area contributed by atoms with E-state index in [1.165, 1.54) is 0 Å². The van der Waals surface area contributed by atoms with Gasteiger partial charge in [-0.15, -0.1) is 0 Å². The molecule has 2 heteroatoms. The molecule has 1 aromatic carbocycles. The first-order chi connectivity index (χ1) is 6.57. The molecule has 76 valence electrons. The topological polar surface area (TPSA) is 29.1 Å². The standard InChI is InChI=1S/C12H17NO/c1-4-12(2,3)13-11-7-5-10(9-14)6-8-11/h5-9,13H,4H2,1-3H3. The quantitative estimate of drug-likeness (QED) is 0.741. The summed E-state index contributed by atoms with van der Waals surface area (Å²) in [6.07, 6.45) is 1.91. The van der Waals surface area contributed by atoms with Crippen LogP contribution in [0.5, 0.6) is 0 Å². The number of hydrogen-bond donors (Lipinski definition) is 1. The van der Waals surface area contributed by atoms with Crippen molar-refractivity contribution < 1.29 is 4.79 Å². The van der Waals surface area contributed by atoms with E-state index < -0.39 is 0 Å². The Labute approximate surface area is 85.3 Å². The van der Waals surface area contributed by atoms with E-state index >= 15 is 0 Å². The summed E-state index contributed by atoms with van der Waals surface area (Å²) in [5, 5.41) is 3.40. The van der Waals surface area contributed by atoms with E-state index in [-0.39, 0.29) is 5.54 Å². The van der Waals surface area contributed by atoms with E-state index in [4.69, 9.17) is 0 Å². The first-order valence-corrected chi connectivity index (χ1v) is 4.91. The summed E-state index contributed by atoms with van der Waals surface area (Å²) in [6.45, 7) is 6.45. The van der Waals surface area contributed by atoms with Crippen LogP contribution in [0.2, 0.25) is 0 Å². The fourth-order valence-electron chi connectivity index (χ4n) is 1.12. The second-order valence-corrected chi connectivity index (χ2v) is 4.10. The summed E-state index contributed by atoms with van der Waals surface area (Å²) < 4.78 is 0. The van der Waals surface area contributed by atoms with Crippen LogP contribution in [0.3, 0.4) is 0 Å². The second-order valence-electron chi connectivity index (χ2n) is 4.10. The minimum absolute atomic E-state index is 0.0999. The Hall–Kier alpha value is -1.31. The predicted octanol–water partition coefficient (Wildman–Crippen LogP) is 3.10. The second kappa shape index (κ2) is 4.27. The van der Waals surface area contributed by atoms with Gasteiger partial charge in [0.1, 0.15) is 6.29 Å². The Balaban J connectivity index is 2.73. The lowest BCUT2D eigenvalue weighted by molar-refractivity contribution is 0.112. The third kappa shape index (κ3) is 2.87. The van der Waals surface area contributed by atoms with Crippen molar-refractivity contribution in [3.8, 4) is 0 Å². The number of rotatable bonds is 4. The fraction of sp³-hybridized carbons (Fsp3) is 0.417. The van der Waals surface area contributed by atoms with Gasteiger partial charge in [0.15, 0.2) is 0 Å². The predicted molar refractivity (Wildman–Crippen MR) is 59.8 cm³/mol. The lowest BCUT2D eigenvalue weighted by Gasteiger charge is -2.25. The summed E-state index contributed by atoms with van der Waals surface area (Å²) in [5.74, 6) is 0. The molecule has 0 heterocycles. The Morgan fingerprint density at radius 3 is 2.29 bits per heavy atom. The maximum atomic E-state index is 10.4. The van der Waals surface area contributed by atoms with Crippen LogP contribution in [0, 0.1) is 0 Å². The Bertz CT molecular complexity index is 301. The molecule has 0 atom stereocenters. The molecule has 0 bridgehead atoms. The van der Waals surface area contributed by atoms with Crippen molar-refractivity contribution in [1.29, 1.82) is 0 Å². The number of benzene rings is 1. The highest BCUT2D eigenvalue weighted by atomic mass is 16.1. The smallest absolute Gasteiger partial charge is 0.150 e. The summed E-state index contributed by atoms with van der Waals surface area (Å²) in [7, 11) is 0. The van der Waals surface area contributed by atoms with Crippen molar-refractivity contribution in [2.75, 3.05) is 5.32 Å². The van der Waals surface area contributed by atoms with Crippen LogP contribution < -0.4 is 5.32 Å². The molecule has 0 aliphatic rings. The monoisotopic (exact) mass is 191 g/mol. The minimum atomic E-state index is 0.0999. The maximum Gasteiger partial charge on any atom is 0.150 e. The molecule has 0 aromatic heterocycles. The van der Waals surface area contributed by atoms with Gasteiger partial charge in [0.2, 0.25) is 0 Å². The van der Waals surface area contributed by atoms with Gasteiger partial charge < -0.3 is 5.32 Å². The molecule has 0 aliphatic carbocycles. The molecule has 0 unspecified atom stereocenters. The largest absolute Gasteiger partial charge is 0.380 e. The lowest BCUT2D eigenvalue weighted by Crippen LogP contribution is -2.29. The van der Waals surface area contributed by atoms with Gasteiger partial charge in [0, 0.05) is 16.8 Å². The summed E-state index contributed by atoms with van der Waals surface area (Å²) >= 11 is 0.